The molecule has 0 bridgehead atoms. The first-order chi connectivity index (χ1) is 17.9. The molecule has 0 spiro atoms. The summed E-state index contributed by atoms with van der Waals surface area (Å²) in [5.41, 5.74) is 2.34. The largest absolute Gasteiger partial charge is 0.352 e. The SMILES string of the molecule is CCc1ccc(N(CCCC(=O)N(Cc2ccc(Cl)cc2Cl)[C@@H](CC)C(=O)N[C@H](C)CC)S(C)(=O)=O)cc1. The Morgan fingerprint density at radius 3 is 2.18 bits per heavy atom. The highest BCUT2D eigenvalue weighted by Gasteiger charge is 2.30. The molecule has 0 radical (unpaired) electrons. The maximum absolute atomic E-state index is 13.5. The van der Waals surface area contributed by atoms with Gasteiger partial charge in [0.1, 0.15) is 6.04 Å². The van der Waals surface area contributed by atoms with Gasteiger partial charge in [-0.25, -0.2) is 8.42 Å². The number of aryl methyl sites for hydroxylation is 1. The highest BCUT2D eigenvalue weighted by molar-refractivity contribution is 7.92. The van der Waals surface area contributed by atoms with Crippen LogP contribution in [-0.4, -0.2) is 50.0 Å². The summed E-state index contributed by atoms with van der Waals surface area (Å²) >= 11 is 12.5. The number of amides is 2. The number of hydrogen-bond donors (Lipinski definition) is 1. The molecule has 0 saturated carbocycles. The Labute approximate surface area is 237 Å². The van der Waals surface area contributed by atoms with Crippen molar-refractivity contribution in [1.29, 1.82) is 0 Å². The van der Waals surface area contributed by atoms with E-state index in [2.05, 4.69) is 5.32 Å². The van der Waals surface area contributed by atoms with Crippen molar-refractivity contribution in [2.24, 2.45) is 0 Å². The molecule has 0 heterocycles. The number of halogens is 2. The Hall–Kier alpha value is -2.29. The number of anilines is 1. The van der Waals surface area contributed by atoms with Crippen LogP contribution in [-0.2, 0) is 32.6 Å². The van der Waals surface area contributed by atoms with E-state index >= 15 is 0 Å². The molecule has 0 aliphatic heterocycles. The monoisotopic (exact) mass is 583 g/mol. The molecule has 7 nitrogen and oxygen atoms in total. The maximum Gasteiger partial charge on any atom is 0.243 e. The third-order valence-corrected chi connectivity index (χ3v) is 8.31. The van der Waals surface area contributed by atoms with E-state index in [9.17, 15) is 18.0 Å². The van der Waals surface area contributed by atoms with E-state index in [0.717, 1.165) is 24.7 Å². The number of nitrogens with zero attached hydrogens (tertiary/aromatic N) is 2. The Bertz CT molecular complexity index is 1190. The molecule has 10 heteroatoms. The number of benzene rings is 2. The Morgan fingerprint density at radius 2 is 1.66 bits per heavy atom. The number of nitrogens with one attached hydrogen (secondary N) is 1. The first-order valence-electron chi connectivity index (χ1n) is 13.0. The zero-order valence-electron chi connectivity index (χ0n) is 22.8. The van der Waals surface area contributed by atoms with Gasteiger partial charge in [-0.15, -0.1) is 0 Å². The van der Waals surface area contributed by atoms with Crippen LogP contribution in [0.2, 0.25) is 10.0 Å². The van der Waals surface area contributed by atoms with Crippen LogP contribution in [0.25, 0.3) is 0 Å². The second-order valence-electron chi connectivity index (χ2n) is 9.46. The maximum atomic E-state index is 13.5. The third-order valence-electron chi connectivity index (χ3n) is 6.53. The van der Waals surface area contributed by atoms with E-state index in [1.165, 1.54) is 9.21 Å². The third kappa shape index (κ3) is 9.17. The van der Waals surface area contributed by atoms with E-state index in [0.29, 0.717) is 27.7 Å². The van der Waals surface area contributed by atoms with Gasteiger partial charge in [0, 0.05) is 35.6 Å². The van der Waals surface area contributed by atoms with Crippen molar-refractivity contribution >= 4 is 50.7 Å². The molecule has 38 heavy (non-hydrogen) atoms. The van der Waals surface area contributed by atoms with Crippen molar-refractivity contribution in [2.75, 3.05) is 17.1 Å². The van der Waals surface area contributed by atoms with E-state index in [1.807, 2.05) is 39.8 Å². The van der Waals surface area contributed by atoms with E-state index in [-0.39, 0.29) is 43.8 Å². The number of hydrogen-bond acceptors (Lipinski definition) is 4. The van der Waals surface area contributed by atoms with Crippen molar-refractivity contribution in [2.45, 2.75) is 78.4 Å². The highest BCUT2D eigenvalue weighted by Crippen LogP contribution is 2.25. The minimum Gasteiger partial charge on any atom is -0.352 e. The predicted molar refractivity (Wildman–Crippen MR) is 156 cm³/mol. The normalized spacial score (nSPS) is 13.0. The summed E-state index contributed by atoms with van der Waals surface area (Å²) in [7, 11) is -3.55. The molecule has 0 unspecified atom stereocenters. The van der Waals surface area contributed by atoms with Crippen molar-refractivity contribution < 1.29 is 18.0 Å². The number of sulfonamides is 1. The lowest BCUT2D eigenvalue weighted by atomic mass is 10.1. The van der Waals surface area contributed by atoms with Gasteiger partial charge in [-0.3, -0.25) is 13.9 Å². The quantitative estimate of drug-likeness (QED) is 0.303. The Balaban J connectivity index is 2.25. The molecule has 1 N–H and O–H groups in total. The first kappa shape index (κ1) is 31.9. The van der Waals surface area contributed by atoms with Gasteiger partial charge in [-0.05, 0) is 68.0 Å². The van der Waals surface area contributed by atoms with Gasteiger partial charge in [-0.2, -0.15) is 0 Å². The standard InChI is InChI=1S/C28H39Cl2N3O4S/c1-6-20(4)31-28(35)26(8-3)32(19-22-13-14-23(29)18-25(22)30)27(34)10-9-17-33(38(5,36)37)24-15-11-21(7-2)12-16-24/h11-16,18,20,26H,6-10,17,19H2,1-5H3,(H,31,35)/t20-,26+/m1/s1. The van der Waals surface area contributed by atoms with Crippen LogP contribution in [0.4, 0.5) is 5.69 Å². The molecule has 2 rings (SSSR count). The topological polar surface area (TPSA) is 86.8 Å². The van der Waals surface area contributed by atoms with Crippen molar-refractivity contribution in [3.8, 4) is 0 Å². The Kier molecular flexibility index (Phi) is 12.4. The predicted octanol–water partition coefficient (Wildman–Crippen LogP) is 5.82. The van der Waals surface area contributed by atoms with Crippen LogP contribution in [0.5, 0.6) is 0 Å². The fourth-order valence-corrected chi connectivity index (χ4v) is 5.53. The summed E-state index contributed by atoms with van der Waals surface area (Å²) in [5.74, 6) is -0.481. The van der Waals surface area contributed by atoms with Crippen molar-refractivity contribution in [3.05, 3.63) is 63.6 Å². The van der Waals surface area contributed by atoms with Crippen LogP contribution >= 0.6 is 23.2 Å². The van der Waals surface area contributed by atoms with Gasteiger partial charge in [0.25, 0.3) is 0 Å². The number of carbonyl (C=O) groups excluding carboxylic acids is 2. The molecule has 0 aromatic heterocycles. The van der Waals surface area contributed by atoms with Crippen LogP contribution in [0.3, 0.4) is 0 Å². The zero-order chi connectivity index (χ0) is 28.5. The molecular formula is C28H39Cl2N3O4S. The smallest absolute Gasteiger partial charge is 0.243 e. The van der Waals surface area contributed by atoms with Gasteiger partial charge < -0.3 is 10.2 Å². The highest BCUT2D eigenvalue weighted by atomic mass is 35.5. The molecule has 0 saturated heterocycles. The fourth-order valence-electron chi connectivity index (χ4n) is 4.10. The lowest BCUT2D eigenvalue weighted by molar-refractivity contribution is -0.141. The van der Waals surface area contributed by atoms with Gasteiger partial charge in [0.05, 0.1) is 11.9 Å². The van der Waals surface area contributed by atoms with E-state index < -0.39 is 16.1 Å². The molecule has 2 aromatic carbocycles. The number of rotatable bonds is 14. The summed E-state index contributed by atoms with van der Waals surface area (Å²) in [6, 6.07) is 11.7. The second kappa shape index (κ2) is 14.8. The summed E-state index contributed by atoms with van der Waals surface area (Å²) in [6.45, 7) is 8.06. The van der Waals surface area contributed by atoms with E-state index in [4.69, 9.17) is 23.2 Å². The molecule has 0 fully saturated rings. The minimum absolute atomic E-state index is 0.0324. The second-order valence-corrected chi connectivity index (χ2v) is 12.2. The average Bonchev–Trinajstić information content (AvgIpc) is 2.86. The summed E-state index contributed by atoms with van der Waals surface area (Å²) < 4.78 is 26.4. The molecule has 210 valence electrons. The zero-order valence-corrected chi connectivity index (χ0v) is 25.2. The van der Waals surface area contributed by atoms with Crippen LogP contribution in [0.1, 0.15) is 64.5 Å². The Morgan fingerprint density at radius 1 is 1.00 bits per heavy atom. The first-order valence-corrected chi connectivity index (χ1v) is 15.6. The minimum atomic E-state index is -3.55. The van der Waals surface area contributed by atoms with Crippen LogP contribution < -0.4 is 9.62 Å². The lowest BCUT2D eigenvalue weighted by Gasteiger charge is -2.32. The number of carbonyl (C=O) groups is 2. The van der Waals surface area contributed by atoms with Gasteiger partial charge in [-0.1, -0.05) is 62.2 Å². The van der Waals surface area contributed by atoms with Crippen LogP contribution in [0, 0.1) is 0 Å². The lowest BCUT2D eigenvalue weighted by Crippen LogP contribution is -2.50. The molecule has 0 aliphatic carbocycles. The molecule has 2 amide bonds. The summed E-state index contributed by atoms with van der Waals surface area (Å²) in [4.78, 5) is 28.2. The van der Waals surface area contributed by atoms with Gasteiger partial charge in [0.15, 0.2) is 0 Å². The molecule has 0 aliphatic rings. The molecule has 2 atom stereocenters. The van der Waals surface area contributed by atoms with Crippen LogP contribution in [0.15, 0.2) is 42.5 Å². The van der Waals surface area contributed by atoms with E-state index in [1.54, 1.807) is 30.3 Å². The van der Waals surface area contributed by atoms with Gasteiger partial charge in [0.2, 0.25) is 21.8 Å². The summed E-state index contributed by atoms with van der Waals surface area (Å²) in [6.07, 6.45) is 3.54. The summed E-state index contributed by atoms with van der Waals surface area (Å²) in [5, 5.41) is 3.86. The van der Waals surface area contributed by atoms with Crippen molar-refractivity contribution in [1.82, 2.24) is 10.2 Å². The van der Waals surface area contributed by atoms with Crippen molar-refractivity contribution in [3.63, 3.8) is 0 Å². The molecular weight excluding hydrogens is 545 g/mol. The molecule has 2 aromatic rings. The fraction of sp³-hybridized carbons (Fsp3) is 0.500. The average molecular weight is 585 g/mol. The van der Waals surface area contributed by atoms with Gasteiger partial charge >= 0.3 is 0 Å².